The maximum absolute atomic E-state index is 10.7. The first-order valence-electron chi connectivity index (χ1n) is 4.20. The van der Waals surface area contributed by atoms with Crippen molar-refractivity contribution in [2.24, 2.45) is 10.9 Å². The number of hydrazine groups is 1. The largest absolute Gasteiger partial charge is 0.349 e. The molecule has 2 amide bonds. The van der Waals surface area contributed by atoms with Crippen molar-refractivity contribution in [3.8, 4) is 0 Å². The monoisotopic (exact) mass is 226 g/mol. The Morgan fingerprint density at radius 3 is 2.53 bits per heavy atom. The Labute approximate surface area is 92.3 Å². The standard InChI is InChI=1S/C9H11ClN4O/c1-6(13-14-9(15)12-11)7-2-4-8(10)5-3-7/h2-5H,11H2,1H3,(H2,12,14,15). The molecule has 15 heavy (non-hydrogen) atoms. The molecule has 0 aromatic heterocycles. The van der Waals surface area contributed by atoms with E-state index in [0.717, 1.165) is 5.56 Å². The number of benzene rings is 1. The number of halogens is 1. The average molecular weight is 227 g/mol. The third kappa shape index (κ3) is 3.57. The van der Waals surface area contributed by atoms with Crippen LogP contribution in [0.1, 0.15) is 12.5 Å². The molecule has 0 unspecified atom stereocenters. The maximum Gasteiger partial charge on any atom is 0.349 e. The van der Waals surface area contributed by atoms with Gasteiger partial charge < -0.3 is 0 Å². The number of hydrazone groups is 1. The van der Waals surface area contributed by atoms with E-state index in [1.807, 2.05) is 17.6 Å². The smallest absolute Gasteiger partial charge is 0.274 e. The molecule has 0 aliphatic rings. The molecule has 6 heteroatoms. The van der Waals surface area contributed by atoms with E-state index in [9.17, 15) is 4.79 Å². The summed E-state index contributed by atoms with van der Waals surface area (Å²) in [7, 11) is 0. The Balaban J connectivity index is 2.71. The van der Waals surface area contributed by atoms with Crippen LogP contribution >= 0.6 is 11.6 Å². The molecule has 1 aromatic carbocycles. The van der Waals surface area contributed by atoms with Gasteiger partial charge in [-0.1, -0.05) is 23.7 Å². The lowest BCUT2D eigenvalue weighted by Gasteiger charge is -2.01. The third-order valence-corrected chi connectivity index (χ3v) is 1.97. The number of amides is 2. The van der Waals surface area contributed by atoms with Gasteiger partial charge in [0.15, 0.2) is 0 Å². The van der Waals surface area contributed by atoms with Gasteiger partial charge in [-0.25, -0.2) is 16.1 Å². The Kier molecular flexibility index (Phi) is 4.08. The third-order valence-electron chi connectivity index (χ3n) is 1.72. The van der Waals surface area contributed by atoms with E-state index in [1.54, 1.807) is 19.1 Å². The van der Waals surface area contributed by atoms with Crippen LogP contribution in [0.25, 0.3) is 0 Å². The molecule has 0 heterocycles. The highest BCUT2D eigenvalue weighted by Crippen LogP contribution is 2.09. The van der Waals surface area contributed by atoms with Crippen molar-refractivity contribution in [2.45, 2.75) is 6.92 Å². The van der Waals surface area contributed by atoms with Crippen LogP contribution < -0.4 is 16.7 Å². The number of hydrogen-bond donors (Lipinski definition) is 3. The van der Waals surface area contributed by atoms with E-state index in [2.05, 4.69) is 10.5 Å². The second kappa shape index (κ2) is 5.33. The van der Waals surface area contributed by atoms with Crippen molar-refractivity contribution in [2.75, 3.05) is 0 Å². The summed E-state index contributed by atoms with van der Waals surface area (Å²) in [6.45, 7) is 1.76. The Morgan fingerprint density at radius 2 is 2.00 bits per heavy atom. The number of urea groups is 1. The van der Waals surface area contributed by atoms with E-state index < -0.39 is 6.03 Å². The van der Waals surface area contributed by atoms with Crippen LogP contribution in [0.15, 0.2) is 29.4 Å². The summed E-state index contributed by atoms with van der Waals surface area (Å²) in [6, 6.07) is 6.55. The zero-order valence-corrected chi connectivity index (χ0v) is 8.88. The van der Waals surface area contributed by atoms with Gasteiger partial charge in [0.1, 0.15) is 0 Å². The number of nitrogens with one attached hydrogen (secondary N) is 2. The molecule has 0 aliphatic heterocycles. The molecule has 1 aromatic rings. The predicted molar refractivity (Wildman–Crippen MR) is 59.5 cm³/mol. The molecule has 0 radical (unpaired) electrons. The molecule has 0 bridgehead atoms. The first kappa shape index (κ1) is 11.5. The lowest BCUT2D eigenvalue weighted by atomic mass is 10.1. The van der Waals surface area contributed by atoms with Gasteiger partial charge in [-0.2, -0.15) is 5.10 Å². The Hall–Kier alpha value is -1.59. The first-order valence-corrected chi connectivity index (χ1v) is 4.58. The first-order chi connectivity index (χ1) is 7.13. The maximum atomic E-state index is 10.7. The topological polar surface area (TPSA) is 79.5 Å². The van der Waals surface area contributed by atoms with Crippen molar-refractivity contribution in [3.63, 3.8) is 0 Å². The minimum atomic E-state index is -0.566. The summed E-state index contributed by atoms with van der Waals surface area (Å²) >= 11 is 5.73. The fourth-order valence-electron chi connectivity index (χ4n) is 0.923. The number of hydrogen-bond acceptors (Lipinski definition) is 3. The van der Waals surface area contributed by atoms with Crippen LogP contribution in [-0.2, 0) is 0 Å². The van der Waals surface area contributed by atoms with Crippen molar-refractivity contribution in [1.29, 1.82) is 0 Å². The molecule has 0 atom stereocenters. The highest BCUT2D eigenvalue weighted by molar-refractivity contribution is 6.30. The van der Waals surface area contributed by atoms with Crippen LogP contribution in [0.2, 0.25) is 5.02 Å². The SMILES string of the molecule is CC(=NNC(=O)NN)c1ccc(Cl)cc1. The molecule has 4 N–H and O–H groups in total. The van der Waals surface area contributed by atoms with Crippen LogP contribution in [0.5, 0.6) is 0 Å². The minimum Gasteiger partial charge on any atom is -0.274 e. The zero-order chi connectivity index (χ0) is 11.3. The molecular formula is C9H11ClN4O. The number of nitrogens with zero attached hydrogens (tertiary/aromatic N) is 1. The molecule has 0 aliphatic carbocycles. The Bertz CT molecular complexity index is 374. The van der Waals surface area contributed by atoms with Crippen molar-refractivity contribution in [1.82, 2.24) is 10.9 Å². The van der Waals surface area contributed by atoms with Gasteiger partial charge in [0.05, 0.1) is 5.71 Å². The highest BCUT2D eigenvalue weighted by atomic mass is 35.5. The van der Waals surface area contributed by atoms with Gasteiger partial charge in [-0.15, -0.1) is 0 Å². The van der Waals surface area contributed by atoms with Crippen LogP contribution in [0.3, 0.4) is 0 Å². The van der Waals surface area contributed by atoms with Gasteiger partial charge in [0.2, 0.25) is 0 Å². The summed E-state index contributed by atoms with van der Waals surface area (Å²) in [6.07, 6.45) is 0. The minimum absolute atomic E-state index is 0.566. The Morgan fingerprint density at radius 1 is 1.40 bits per heavy atom. The second-order valence-corrected chi connectivity index (χ2v) is 3.23. The number of nitrogens with two attached hydrogens (primary N) is 1. The van der Waals surface area contributed by atoms with Crippen LogP contribution in [0.4, 0.5) is 4.79 Å². The number of carbonyl (C=O) groups excluding carboxylic acids is 1. The van der Waals surface area contributed by atoms with Gasteiger partial charge in [-0.05, 0) is 24.6 Å². The summed E-state index contributed by atoms with van der Waals surface area (Å²) in [5.74, 6) is 4.87. The predicted octanol–water partition coefficient (Wildman–Crippen LogP) is 1.24. The molecule has 0 fully saturated rings. The lowest BCUT2D eigenvalue weighted by molar-refractivity contribution is 0.241. The summed E-state index contributed by atoms with van der Waals surface area (Å²) in [4.78, 5) is 10.7. The fraction of sp³-hybridized carbons (Fsp3) is 0.111. The van der Waals surface area contributed by atoms with Crippen molar-refractivity contribution < 1.29 is 4.79 Å². The lowest BCUT2D eigenvalue weighted by Crippen LogP contribution is -2.37. The molecule has 1 rings (SSSR count). The molecule has 5 nitrogen and oxygen atoms in total. The summed E-state index contributed by atoms with van der Waals surface area (Å²) in [5, 5.41) is 4.48. The van der Waals surface area contributed by atoms with Gasteiger partial charge in [0, 0.05) is 5.02 Å². The van der Waals surface area contributed by atoms with E-state index in [4.69, 9.17) is 17.4 Å². The number of rotatable bonds is 2. The van der Waals surface area contributed by atoms with Crippen LogP contribution in [0, 0.1) is 0 Å². The molecule has 80 valence electrons. The summed E-state index contributed by atoms with van der Waals surface area (Å²) in [5.41, 5.74) is 5.66. The highest BCUT2D eigenvalue weighted by Gasteiger charge is 1.98. The van der Waals surface area contributed by atoms with Gasteiger partial charge in [-0.3, -0.25) is 5.43 Å². The van der Waals surface area contributed by atoms with Crippen molar-refractivity contribution >= 4 is 23.3 Å². The molecule has 0 spiro atoms. The molecule has 0 saturated carbocycles. The number of carbonyl (C=O) groups is 1. The van der Waals surface area contributed by atoms with Crippen LogP contribution in [-0.4, -0.2) is 11.7 Å². The zero-order valence-electron chi connectivity index (χ0n) is 8.12. The van der Waals surface area contributed by atoms with E-state index in [-0.39, 0.29) is 0 Å². The van der Waals surface area contributed by atoms with Crippen molar-refractivity contribution in [3.05, 3.63) is 34.9 Å². The quantitative estimate of drug-likeness (QED) is 0.307. The average Bonchev–Trinajstić information content (AvgIpc) is 2.26. The van der Waals surface area contributed by atoms with E-state index in [0.29, 0.717) is 10.7 Å². The molecular weight excluding hydrogens is 216 g/mol. The van der Waals surface area contributed by atoms with E-state index >= 15 is 0 Å². The van der Waals surface area contributed by atoms with Gasteiger partial charge >= 0.3 is 6.03 Å². The summed E-state index contributed by atoms with van der Waals surface area (Å²) < 4.78 is 0. The molecule has 0 saturated heterocycles. The fourth-order valence-corrected chi connectivity index (χ4v) is 1.05. The second-order valence-electron chi connectivity index (χ2n) is 2.79. The normalized spacial score (nSPS) is 11.0. The van der Waals surface area contributed by atoms with Gasteiger partial charge in [0.25, 0.3) is 0 Å². The van der Waals surface area contributed by atoms with E-state index in [1.165, 1.54) is 0 Å².